The highest BCUT2D eigenvalue weighted by Crippen LogP contribution is 2.31. The summed E-state index contributed by atoms with van der Waals surface area (Å²) in [6, 6.07) is 15.4. The van der Waals surface area contributed by atoms with Crippen molar-refractivity contribution >= 4 is 17.3 Å². The molecule has 1 heterocycles. The molecule has 0 aliphatic carbocycles. The Morgan fingerprint density at radius 3 is 2.39 bits per heavy atom. The first-order valence-corrected chi connectivity index (χ1v) is 8.90. The minimum atomic E-state index is 0.654. The highest BCUT2D eigenvalue weighted by Gasteiger charge is 2.07. The van der Waals surface area contributed by atoms with Crippen LogP contribution in [-0.2, 0) is 6.42 Å². The topological polar surface area (TPSA) is 77.5 Å². The zero-order valence-corrected chi connectivity index (χ0v) is 16.2. The molecule has 0 aliphatic rings. The first-order valence-electron chi connectivity index (χ1n) is 8.90. The van der Waals surface area contributed by atoms with Crippen LogP contribution >= 0.6 is 0 Å². The number of nitrogens with one attached hydrogen (secondary N) is 2. The number of ether oxygens (including phenoxy) is 3. The van der Waals surface area contributed by atoms with Gasteiger partial charge in [-0.1, -0.05) is 18.2 Å². The first-order chi connectivity index (χ1) is 13.7. The van der Waals surface area contributed by atoms with Gasteiger partial charge in [0.15, 0.2) is 0 Å². The summed E-state index contributed by atoms with van der Waals surface area (Å²) in [6.07, 6.45) is 2.33. The lowest BCUT2D eigenvalue weighted by atomic mass is 10.1. The van der Waals surface area contributed by atoms with Gasteiger partial charge in [0.25, 0.3) is 0 Å². The van der Waals surface area contributed by atoms with E-state index in [1.807, 2.05) is 42.5 Å². The number of aromatic nitrogens is 2. The van der Waals surface area contributed by atoms with Gasteiger partial charge in [-0.05, 0) is 30.2 Å². The van der Waals surface area contributed by atoms with Crippen LogP contribution in [0.5, 0.6) is 17.2 Å². The molecule has 0 atom stereocenters. The Labute approximate surface area is 164 Å². The predicted octanol–water partition coefficient (Wildman–Crippen LogP) is 3.90. The van der Waals surface area contributed by atoms with Crippen LogP contribution in [0.2, 0.25) is 0 Å². The number of para-hydroxylation sites is 1. The SMILES string of the molecule is COc1ccc(OC)c(Nc2cc(NCCc3ccccc3OC)ncn2)c1. The molecule has 0 aliphatic heterocycles. The average molecular weight is 380 g/mol. The molecule has 28 heavy (non-hydrogen) atoms. The lowest BCUT2D eigenvalue weighted by Crippen LogP contribution is -2.08. The molecule has 0 fully saturated rings. The van der Waals surface area contributed by atoms with Crippen LogP contribution in [0.15, 0.2) is 54.9 Å². The molecule has 2 aromatic carbocycles. The van der Waals surface area contributed by atoms with E-state index in [-0.39, 0.29) is 0 Å². The van der Waals surface area contributed by atoms with Gasteiger partial charge in [0.1, 0.15) is 35.2 Å². The maximum atomic E-state index is 5.39. The first kappa shape index (κ1) is 19.3. The van der Waals surface area contributed by atoms with Crippen molar-refractivity contribution in [3.63, 3.8) is 0 Å². The molecule has 1 aromatic heterocycles. The van der Waals surface area contributed by atoms with E-state index in [0.717, 1.165) is 41.5 Å². The molecule has 146 valence electrons. The van der Waals surface area contributed by atoms with E-state index in [9.17, 15) is 0 Å². The van der Waals surface area contributed by atoms with Crippen LogP contribution in [0.3, 0.4) is 0 Å². The smallest absolute Gasteiger partial charge is 0.142 e. The summed E-state index contributed by atoms with van der Waals surface area (Å²) in [4.78, 5) is 8.56. The number of nitrogens with zero attached hydrogens (tertiary/aromatic N) is 2. The Bertz CT molecular complexity index is 918. The molecular formula is C21H24N4O3. The van der Waals surface area contributed by atoms with E-state index in [1.54, 1.807) is 21.3 Å². The van der Waals surface area contributed by atoms with Crippen molar-refractivity contribution in [3.05, 3.63) is 60.4 Å². The van der Waals surface area contributed by atoms with Crippen molar-refractivity contribution in [1.29, 1.82) is 0 Å². The average Bonchev–Trinajstić information content (AvgIpc) is 2.74. The molecule has 0 saturated heterocycles. The number of hydrogen-bond donors (Lipinski definition) is 2. The van der Waals surface area contributed by atoms with Gasteiger partial charge < -0.3 is 24.8 Å². The highest BCUT2D eigenvalue weighted by atomic mass is 16.5. The van der Waals surface area contributed by atoms with Gasteiger partial charge >= 0.3 is 0 Å². The van der Waals surface area contributed by atoms with Crippen LogP contribution < -0.4 is 24.8 Å². The van der Waals surface area contributed by atoms with E-state index in [0.29, 0.717) is 11.6 Å². The Morgan fingerprint density at radius 1 is 0.821 bits per heavy atom. The van der Waals surface area contributed by atoms with Crippen molar-refractivity contribution in [2.75, 3.05) is 38.5 Å². The Hall–Kier alpha value is -3.48. The quantitative estimate of drug-likeness (QED) is 0.583. The number of rotatable bonds is 9. The number of hydrogen-bond acceptors (Lipinski definition) is 7. The molecule has 0 saturated carbocycles. The fraction of sp³-hybridized carbons (Fsp3) is 0.238. The standard InChI is InChI=1S/C21H24N4O3/c1-26-16-8-9-19(28-3)17(12-16)25-21-13-20(23-14-24-21)22-11-10-15-6-4-5-7-18(15)27-2/h4-9,12-14H,10-11H2,1-3H3,(H2,22,23,24,25). The third-order valence-corrected chi connectivity index (χ3v) is 4.23. The van der Waals surface area contributed by atoms with Crippen molar-refractivity contribution in [2.24, 2.45) is 0 Å². The van der Waals surface area contributed by atoms with Gasteiger partial charge in [-0.2, -0.15) is 0 Å². The molecule has 0 spiro atoms. The maximum Gasteiger partial charge on any atom is 0.142 e. The summed E-state index contributed by atoms with van der Waals surface area (Å²) < 4.78 is 16.1. The Kier molecular flexibility index (Phi) is 6.51. The van der Waals surface area contributed by atoms with E-state index in [1.165, 1.54) is 6.33 Å². The third-order valence-electron chi connectivity index (χ3n) is 4.23. The second-order valence-electron chi connectivity index (χ2n) is 5.97. The van der Waals surface area contributed by atoms with Gasteiger partial charge in [-0.25, -0.2) is 9.97 Å². The second kappa shape index (κ2) is 9.45. The summed E-state index contributed by atoms with van der Waals surface area (Å²) in [5.41, 5.74) is 1.91. The zero-order valence-electron chi connectivity index (χ0n) is 16.2. The minimum Gasteiger partial charge on any atom is -0.497 e. The summed E-state index contributed by atoms with van der Waals surface area (Å²) >= 11 is 0. The summed E-state index contributed by atoms with van der Waals surface area (Å²) in [5, 5.41) is 6.57. The van der Waals surface area contributed by atoms with Gasteiger partial charge in [0.05, 0.1) is 27.0 Å². The number of benzene rings is 2. The van der Waals surface area contributed by atoms with Crippen LogP contribution in [-0.4, -0.2) is 37.8 Å². The Morgan fingerprint density at radius 2 is 1.61 bits per heavy atom. The van der Waals surface area contributed by atoms with E-state index >= 15 is 0 Å². The van der Waals surface area contributed by atoms with Crippen molar-refractivity contribution in [2.45, 2.75) is 6.42 Å². The lowest BCUT2D eigenvalue weighted by Gasteiger charge is -2.13. The molecule has 0 radical (unpaired) electrons. The Balaban J connectivity index is 1.66. The lowest BCUT2D eigenvalue weighted by molar-refractivity contribution is 0.405. The summed E-state index contributed by atoms with van der Waals surface area (Å²) in [6.45, 7) is 0.722. The van der Waals surface area contributed by atoms with E-state index in [4.69, 9.17) is 14.2 Å². The molecule has 3 rings (SSSR count). The fourth-order valence-corrected chi connectivity index (χ4v) is 2.81. The summed E-state index contributed by atoms with van der Waals surface area (Å²) in [5.74, 6) is 3.70. The van der Waals surface area contributed by atoms with Crippen molar-refractivity contribution in [3.8, 4) is 17.2 Å². The van der Waals surface area contributed by atoms with Gasteiger partial charge in [0.2, 0.25) is 0 Å². The number of methoxy groups -OCH3 is 3. The largest absolute Gasteiger partial charge is 0.497 e. The molecule has 0 unspecified atom stereocenters. The highest BCUT2D eigenvalue weighted by molar-refractivity contribution is 5.67. The van der Waals surface area contributed by atoms with Crippen LogP contribution in [0.25, 0.3) is 0 Å². The van der Waals surface area contributed by atoms with Crippen LogP contribution in [0, 0.1) is 0 Å². The van der Waals surface area contributed by atoms with Gasteiger partial charge in [-0.15, -0.1) is 0 Å². The van der Waals surface area contributed by atoms with Crippen LogP contribution in [0.1, 0.15) is 5.56 Å². The van der Waals surface area contributed by atoms with E-state index < -0.39 is 0 Å². The third kappa shape index (κ3) is 4.82. The minimum absolute atomic E-state index is 0.654. The van der Waals surface area contributed by atoms with Crippen molar-refractivity contribution in [1.82, 2.24) is 9.97 Å². The summed E-state index contributed by atoms with van der Waals surface area (Å²) in [7, 11) is 4.93. The molecule has 7 nitrogen and oxygen atoms in total. The van der Waals surface area contributed by atoms with Crippen molar-refractivity contribution < 1.29 is 14.2 Å². The van der Waals surface area contributed by atoms with Gasteiger partial charge in [-0.3, -0.25) is 0 Å². The fourth-order valence-electron chi connectivity index (χ4n) is 2.81. The molecule has 7 heteroatoms. The molecule has 2 N–H and O–H groups in total. The molecule has 0 bridgehead atoms. The zero-order chi connectivity index (χ0) is 19.8. The number of anilines is 3. The molecule has 3 aromatic rings. The predicted molar refractivity (Wildman–Crippen MR) is 110 cm³/mol. The second-order valence-corrected chi connectivity index (χ2v) is 5.97. The molecular weight excluding hydrogens is 356 g/mol. The van der Waals surface area contributed by atoms with Crippen LogP contribution in [0.4, 0.5) is 17.3 Å². The normalized spacial score (nSPS) is 10.2. The molecule has 0 amide bonds. The van der Waals surface area contributed by atoms with Gasteiger partial charge in [0, 0.05) is 18.7 Å². The van der Waals surface area contributed by atoms with E-state index in [2.05, 4.69) is 26.7 Å². The monoisotopic (exact) mass is 380 g/mol. The maximum absolute atomic E-state index is 5.39.